The van der Waals surface area contributed by atoms with Crippen LogP contribution >= 0.6 is 0 Å². The molecule has 0 saturated carbocycles. The van der Waals surface area contributed by atoms with Crippen LogP contribution < -0.4 is 0 Å². The maximum absolute atomic E-state index is 10.6. The lowest BCUT2D eigenvalue weighted by Gasteiger charge is -2.04. The van der Waals surface area contributed by atoms with Crippen LogP contribution in [-0.2, 0) is 4.79 Å². The highest BCUT2D eigenvalue weighted by molar-refractivity contribution is 5.69. The van der Waals surface area contributed by atoms with Gasteiger partial charge in [-0.3, -0.25) is 4.79 Å². The van der Waals surface area contributed by atoms with Crippen LogP contribution in [0.15, 0.2) is 12.2 Å². The standard InChI is InChI=1S/C17H32O2/c1-3-4-5-6-7-8-9-10-11-12-13-14-15-16(2)17(18)19/h9-10,16H,3-8,11-15H2,1-2H3,(H,18,19)/b10-9-. The molecule has 0 aliphatic rings. The fourth-order valence-corrected chi connectivity index (χ4v) is 2.11. The Morgan fingerprint density at radius 3 is 2.00 bits per heavy atom. The van der Waals surface area contributed by atoms with Gasteiger partial charge >= 0.3 is 5.97 Å². The van der Waals surface area contributed by atoms with Gasteiger partial charge in [-0.05, 0) is 32.1 Å². The zero-order valence-electron chi connectivity index (χ0n) is 12.9. The van der Waals surface area contributed by atoms with Crippen LogP contribution in [0.25, 0.3) is 0 Å². The lowest BCUT2D eigenvalue weighted by molar-refractivity contribution is -0.141. The quantitative estimate of drug-likeness (QED) is 0.350. The Bertz CT molecular complexity index is 233. The molecule has 1 N–H and O–H groups in total. The van der Waals surface area contributed by atoms with Gasteiger partial charge in [0.1, 0.15) is 0 Å². The van der Waals surface area contributed by atoms with Gasteiger partial charge in [-0.1, -0.05) is 64.5 Å². The highest BCUT2D eigenvalue weighted by Gasteiger charge is 2.08. The third kappa shape index (κ3) is 13.4. The number of hydrogen-bond donors (Lipinski definition) is 1. The third-order valence-corrected chi connectivity index (χ3v) is 3.57. The van der Waals surface area contributed by atoms with Crippen LogP contribution in [0.1, 0.15) is 84.5 Å². The van der Waals surface area contributed by atoms with E-state index in [0.29, 0.717) is 0 Å². The smallest absolute Gasteiger partial charge is 0.306 e. The lowest BCUT2D eigenvalue weighted by atomic mass is 10.0. The van der Waals surface area contributed by atoms with Crippen molar-refractivity contribution in [1.82, 2.24) is 0 Å². The van der Waals surface area contributed by atoms with E-state index in [2.05, 4.69) is 19.1 Å². The molecule has 0 heterocycles. The van der Waals surface area contributed by atoms with Gasteiger partial charge in [-0.25, -0.2) is 0 Å². The largest absolute Gasteiger partial charge is 0.481 e. The summed E-state index contributed by atoms with van der Waals surface area (Å²) < 4.78 is 0. The summed E-state index contributed by atoms with van der Waals surface area (Å²) in [6.07, 6.45) is 17.9. The first-order chi connectivity index (χ1) is 9.18. The molecule has 0 radical (unpaired) electrons. The van der Waals surface area contributed by atoms with E-state index in [4.69, 9.17) is 5.11 Å². The number of rotatable bonds is 13. The Kier molecular flexibility index (Phi) is 13.1. The first-order valence-corrected chi connectivity index (χ1v) is 8.06. The van der Waals surface area contributed by atoms with Crippen molar-refractivity contribution in [3.05, 3.63) is 12.2 Å². The summed E-state index contributed by atoms with van der Waals surface area (Å²) in [4.78, 5) is 10.6. The average molecular weight is 268 g/mol. The fraction of sp³-hybridized carbons (Fsp3) is 0.824. The normalized spacial score (nSPS) is 12.9. The summed E-state index contributed by atoms with van der Waals surface area (Å²) in [6.45, 7) is 4.04. The summed E-state index contributed by atoms with van der Waals surface area (Å²) in [5.41, 5.74) is 0. The predicted molar refractivity (Wildman–Crippen MR) is 82.4 cm³/mol. The van der Waals surface area contributed by atoms with E-state index in [9.17, 15) is 4.79 Å². The molecule has 2 heteroatoms. The monoisotopic (exact) mass is 268 g/mol. The molecule has 2 nitrogen and oxygen atoms in total. The van der Waals surface area contributed by atoms with Crippen molar-refractivity contribution in [2.45, 2.75) is 84.5 Å². The Morgan fingerprint density at radius 2 is 1.47 bits per heavy atom. The SMILES string of the molecule is CCCCCCC/C=C\CCCCCC(C)C(=O)O. The second-order valence-corrected chi connectivity index (χ2v) is 5.55. The number of hydrogen-bond acceptors (Lipinski definition) is 1. The molecule has 0 bridgehead atoms. The van der Waals surface area contributed by atoms with Gasteiger partial charge in [0.25, 0.3) is 0 Å². The Hall–Kier alpha value is -0.790. The molecule has 1 unspecified atom stereocenters. The molecular formula is C17H32O2. The molecule has 0 aliphatic carbocycles. The minimum Gasteiger partial charge on any atom is -0.481 e. The van der Waals surface area contributed by atoms with E-state index in [0.717, 1.165) is 25.7 Å². The molecule has 0 aromatic rings. The average Bonchev–Trinajstić information content (AvgIpc) is 2.39. The van der Waals surface area contributed by atoms with Gasteiger partial charge in [-0.15, -0.1) is 0 Å². The molecule has 0 spiro atoms. The number of carbonyl (C=O) groups is 1. The van der Waals surface area contributed by atoms with Crippen molar-refractivity contribution in [1.29, 1.82) is 0 Å². The molecule has 0 saturated heterocycles. The third-order valence-electron chi connectivity index (χ3n) is 3.57. The lowest BCUT2D eigenvalue weighted by Crippen LogP contribution is -2.08. The van der Waals surface area contributed by atoms with Gasteiger partial charge in [0.05, 0.1) is 5.92 Å². The van der Waals surface area contributed by atoms with E-state index >= 15 is 0 Å². The van der Waals surface area contributed by atoms with Gasteiger partial charge < -0.3 is 5.11 Å². The van der Waals surface area contributed by atoms with Crippen molar-refractivity contribution in [2.24, 2.45) is 5.92 Å². The van der Waals surface area contributed by atoms with E-state index in [1.165, 1.54) is 44.9 Å². The topological polar surface area (TPSA) is 37.3 Å². The molecule has 0 amide bonds. The first-order valence-electron chi connectivity index (χ1n) is 8.06. The summed E-state index contributed by atoms with van der Waals surface area (Å²) in [5, 5.41) is 8.75. The van der Waals surface area contributed by atoms with Crippen LogP contribution in [0.3, 0.4) is 0 Å². The zero-order valence-corrected chi connectivity index (χ0v) is 12.9. The van der Waals surface area contributed by atoms with E-state index < -0.39 is 5.97 Å². The van der Waals surface area contributed by atoms with Crippen molar-refractivity contribution in [2.75, 3.05) is 0 Å². The predicted octanol–water partition coefficient (Wildman–Crippen LogP) is 5.57. The van der Waals surface area contributed by atoms with Crippen molar-refractivity contribution >= 4 is 5.97 Å². The van der Waals surface area contributed by atoms with Gasteiger partial charge in [0, 0.05) is 0 Å². The van der Waals surface area contributed by atoms with Crippen LogP contribution in [0.4, 0.5) is 0 Å². The fourth-order valence-electron chi connectivity index (χ4n) is 2.11. The van der Waals surface area contributed by atoms with Crippen molar-refractivity contribution in [3.63, 3.8) is 0 Å². The van der Waals surface area contributed by atoms with Crippen LogP contribution in [0.2, 0.25) is 0 Å². The molecule has 0 aromatic heterocycles. The Morgan fingerprint density at radius 1 is 0.947 bits per heavy atom. The second-order valence-electron chi connectivity index (χ2n) is 5.55. The second kappa shape index (κ2) is 13.6. The minimum absolute atomic E-state index is 0.182. The molecule has 19 heavy (non-hydrogen) atoms. The molecule has 0 fully saturated rings. The van der Waals surface area contributed by atoms with Gasteiger partial charge in [0.15, 0.2) is 0 Å². The summed E-state index contributed by atoms with van der Waals surface area (Å²) in [5.74, 6) is -0.846. The summed E-state index contributed by atoms with van der Waals surface area (Å²) >= 11 is 0. The highest BCUT2D eigenvalue weighted by Crippen LogP contribution is 2.11. The molecule has 0 rings (SSSR count). The van der Waals surface area contributed by atoms with Crippen LogP contribution in [-0.4, -0.2) is 11.1 Å². The first kappa shape index (κ1) is 18.2. The molecule has 0 aliphatic heterocycles. The van der Waals surface area contributed by atoms with Gasteiger partial charge in [-0.2, -0.15) is 0 Å². The number of allylic oxidation sites excluding steroid dienone is 2. The highest BCUT2D eigenvalue weighted by atomic mass is 16.4. The van der Waals surface area contributed by atoms with Crippen molar-refractivity contribution in [3.8, 4) is 0 Å². The maximum Gasteiger partial charge on any atom is 0.306 e. The van der Waals surface area contributed by atoms with E-state index in [1.807, 2.05) is 0 Å². The number of carboxylic acid groups (broad SMARTS) is 1. The van der Waals surface area contributed by atoms with Gasteiger partial charge in [0.2, 0.25) is 0 Å². The van der Waals surface area contributed by atoms with Crippen molar-refractivity contribution < 1.29 is 9.90 Å². The molecular weight excluding hydrogens is 236 g/mol. The van der Waals surface area contributed by atoms with Crippen LogP contribution in [0.5, 0.6) is 0 Å². The summed E-state index contributed by atoms with van der Waals surface area (Å²) in [7, 11) is 0. The molecule has 112 valence electrons. The number of aliphatic carboxylic acids is 1. The number of carboxylic acids is 1. The molecule has 0 aromatic carbocycles. The number of unbranched alkanes of at least 4 members (excludes halogenated alkanes) is 8. The van der Waals surface area contributed by atoms with E-state index in [1.54, 1.807) is 6.92 Å². The minimum atomic E-state index is -0.664. The maximum atomic E-state index is 10.6. The zero-order chi connectivity index (χ0) is 14.3. The Labute approximate surface area is 119 Å². The Balaban J connectivity index is 3.19. The van der Waals surface area contributed by atoms with Crippen LogP contribution in [0, 0.1) is 5.92 Å². The molecule has 1 atom stereocenters. The summed E-state index contributed by atoms with van der Waals surface area (Å²) in [6, 6.07) is 0. The van der Waals surface area contributed by atoms with E-state index in [-0.39, 0.29) is 5.92 Å².